The van der Waals surface area contributed by atoms with Gasteiger partial charge in [-0.15, -0.1) is 0 Å². The number of aryl methyl sites for hydroxylation is 2. The molecule has 3 N–H and O–H groups in total. The fourth-order valence-electron chi connectivity index (χ4n) is 4.88. The minimum absolute atomic E-state index is 0.0202. The molecule has 1 aromatic heterocycles. The van der Waals surface area contributed by atoms with Gasteiger partial charge >= 0.3 is 0 Å². The fourth-order valence-corrected chi connectivity index (χ4v) is 4.88. The van der Waals surface area contributed by atoms with Crippen molar-refractivity contribution in [2.24, 2.45) is 0 Å². The predicted molar refractivity (Wildman–Crippen MR) is 137 cm³/mol. The number of fused-ring (bicyclic) bond motifs is 1. The van der Waals surface area contributed by atoms with Gasteiger partial charge in [0.2, 0.25) is 0 Å². The van der Waals surface area contributed by atoms with Crippen molar-refractivity contribution in [1.29, 1.82) is 0 Å². The summed E-state index contributed by atoms with van der Waals surface area (Å²) in [7, 11) is 0. The largest absolute Gasteiger partial charge is 0.507 e. The number of ether oxygens (including phenoxy) is 1. The number of nitrogens with one attached hydrogen (secondary N) is 1. The smallest absolute Gasteiger partial charge is 0.273 e. The third kappa shape index (κ3) is 4.33. The second-order valence-corrected chi connectivity index (χ2v) is 9.16. The van der Waals surface area contributed by atoms with E-state index < -0.39 is 6.04 Å². The molecule has 184 valence electrons. The summed E-state index contributed by atoms with van der Waals surface area (Å²) in [5, 5.41) is 27.7. The van der Waals surface area contributed by atoms with Gasteiger partial charge < -0.3 is 19.8 Å². The lowest BCUT2D eigenvalue weighted by atomic mass is 9.94. The van der Waals surface area contributed by atoms with Gasteiger partial charge in [0, 0.05) is 24.3 Å². The molecule has 0 saturated carbocycles. The van der Waals surface area contributed by atoms with Crippen LogP contribution in [0.4, 0.5) is 0 Å². The summed E-state index contributed by atoms with van der Waals surface area (Å²) in [6.45, 7) is 4.61. The third-order valence-corrected chi connectivity index (χ3v) is 6.54. The summed E-state index contributed by atoms with van der Waals surface area (Å²) in [6.07, 6.45) is 0.453. The minimum atomic E-state index is -0.437. The number of aliphatic hydroxyl groups is 1. The third-order valence-electron chi connectivity index (χ3n) is 6.54. The number of aromatic amines is 1. The maximum atomic E-state index is 13.4. The van der Waals surface area contributed by atoms with Gasteiger partial charge in [-0.3, -0.25) is 9.89 Å². The molecule has 7 heteroatoms. The summed E-state index contributed by atoms with van der Waals surface area (Å²) in [5.74, 6) is 0.662. The van der Waals surface area contributed by atoms with Crippen LogP contribution in [-0.2, 0) is 6.61 Å². The zero-order valence-corrected chi connectivity index (χ0v) is 20.4. The van der Waals surface area contributed by atoms with Crippen LogP contribution in [0.15, 0.2) is 66.7 Å². The highest BCUT2D eigenvalue weighted by molar-refractivity contribution is 6.00. The summed E-state index contributed by atoms with van der Waals surface area (Å²) >= 11 is 0. The van der Waals surface area contributed by atoms with E-state index in [2.05, 4.69) is 10.2 Å². The number of phenolic OH excluding ortho intramolecular Hbond substituents is 1. The number of nitrogens with zero attached hydrogens (tertiary/aromatic N) is 2. The molecule has 0 spiro atoms. The number of hydrogen-bond donors (Lipinski definition) is 3. The minimum Gasteiger partial charge on any atom is -0.507 e. The molecule has 1 atom stereocenters. The van der Waals surface area contributed by atoms with E-state index in [1.807, 2.05) is 80.6 Å². The topological polar surface area (TPSA) is 98.7 Å². The molecule has 4 aromatic rings. The van der Waals surface area contributed by atoms with Crippen molar-refractivity contribution in [3.05, 3.63) is 100 Å². The number of carbonyl (C=O) groups excluding carboxylic acids is 1. The van der Waals surface area contributed by atoms with Gasteiger partial charge in [0.15, 0.2) is 0 Å². The molecule has 1 aliphatic heterocycles. The Morgan fingerprint density at radius 1 is 1.06 bits per heavy atom. The molecule has 0 fully saturated rings. The lowest BCUT2D eigenvalue weighted by molar-refractivity contribution is 0.0732. The number of aromatic hydroxyl groups is 1. The van der Waals surface area contributed by atoms with E-state index in [9.17, 15) is 15.0 Å². The number of amides is 1. The highest BCUT2D eigenvalue weighted by atomic mass is 16.5. The quantitative estimate of drug-likeness (QED) is 0.331. The van der Waals surface area contributed by atoms with Crippen LogP contribution in [0.3, 0.4) is 0 Å². The normalized spacial score (nSPS) is 14.8. The monoisotopic (exact) mass is 483 g/mol. The maximum Gasteiger partial charge on any atom is 0.273 e. The van der Waals surface area contributed by atoms with Crippen LogP contribution in [0.25, 0.3) is 11.3 Å². The first kappa shape index (κ1) is 23.6. The maximum absolute atomic E-state index is 13.4. The summed E-state index contributed by atoms with van der Waals surface area (Å²) < 4.78 is 6.06. The molecule has 1 amide bonds. The summed E-state index contributed by atoms with van der Waals surface area (Å²) in [5.41, 5.74) is 5.94. The van der Waals surface area contributed by atoms with Gasteiger partial charge in [0.05, 0.1) is 6.04 Å². The van der Waals surface area contributed by atoms with E-state index >= 15 is 0 Å². The van der Waals surface area contributed by atoms with E-state index in [0.717, 1.165) is 27.8 Å². The van der Waals surface area contributed by atoms with Crippen LogP contribution in [0.5, 0.6) is 11.5 Å². The van der Waals surface area contributed by atoms with Crippen molar-refractivity contribution in [1.82, 2.24) is 15.1 Å². The Kier molecular flexibility index (Phi) is 6.48. The molecule has 3 aromatic carbocycles. The second-order valence-electron chi connectivity index (χ2n) is 9.16. The van der Waals surface area contributed by atoms with Crippen LogP contribution in [0.1, 0.15) is 50.8 Å². The van der Waals surface area contributed by atoms with Gasteiger partial charge in [0.1, 0.15) is 29.5 Å². The Hall–Kier alpha value is -4.10. The van der Waals surface area contributed by atoms with Crippen LogP contribution in [0, 0.1) is 13.8 Å². The van der Waals surface area contributed by atoms with E-state index in [0.29, 0.717) is 42.3 Å². The number of aromatic nitrogens is 2. The first-order valence-corrected chi connectivity index (χ1v) is 12.0. The molecule has 5 rings (SSSR count). The standard InChI is InChI=1S/C29H29N3O4/c1-18-14-19(2)28(34)23(15-18)25-24-26(31-30-25)29(35)32(12-7-13-33)27(24)21-10-6-11-22(16-21)36-17-20-8-4-3-5-9-20/h3-6,8-11,14-16,27,33-34H,7,12-13,17H2,1-2H3,(H,30,31). The molecule has 36 heavy (non-hydrogen) atoms. The number of phenols is 1. The van der Waals surface area contributed by atoms with Gasteiger partial charge in [0.25, 0.3) is 5.91 Å². The average molecular weight is 484 g/mol. The van der Waals surface area contributed by atoms with Crippen molar-refractivity contribution in [3.63, 3.8) is 0 Å². The van der Waals surface area contributed by atoms with Crippen molar-refractivity contribution < 1.29 is 19.7 Å². The van der Waals surface area contributed by atoms with Crippen molar-refractivity contribution in [2.75, 3.05) is 13.2 Å². The van der Waals surface area contributed by atoms with Crippen LogP contribution >= 0.6 is 0 Å². The second kappa shape index (κ2) is 9.87. The van der Waals surface area contributed by atoms with Crippen molar-refractivity contribution in [2.45, 2.75) is 32.9 Å². The Balaban J connectivity index is 1.57. The fraction of sp³-hybridized carbons (Fsp3) is 0.241. The molecule has 0 aliphatic carbocycles. The molecular weight excluding hydrogens is 454 g/mol. The molecule has 2 heterocycles. The molecule has 0 bridgehead atoms. The van der Waals surface area contributed by atoms with E-state index in [4.69, 9.17) is 4.74 Å². The highest BCUT2D eigenvalue weighted by Gasteiger charge is 2.42. The molecule has 7 nitrogen and oxygen atoms in total. The number of aliphatic hydroxyl groups excluding tert-OH is 1. The van der Waals surface area contributed by atoms with Crippen molar-refractivity contribution >= 4 is 5.91 Å². The van der Waals surface area contributed by atoms with Gasteiger partial charge in [-0.2, -0.15) is 5.10 Å². The zero-order chi connectivity index (χ0) is 25.2. The van der Waals surface area contributed by atoms with E-state index in [1.54, 1.807) is 4.90 Å². The van der Waals surface area contributed by atoms with Crippen LogP contribution in [0.2, 0.25) is 0 Å². The Morgan fingerprint density at radius 2 is 1.86 bits per heavy atom. The average Bonchev–Trinajstić information content (AvgIpc) is 3.43. The number of rotatable bonds is 8. The molecule has 1 unspecified atom stereocenters. The zero-order valence-electron chi connectivity index (χ0n) is 20.4. The Labute approximate surface area is 210 Å². The van der Waals surface area contributed by atoms with Gasteiger partial charge in [-0.05, 0) is 60.7 Å². The highest BCUT2D eigenvalue weighted by Crippen LogP contribution is 2.45. The lowest BCUT2D eigenvalue weighted by Crippen LogP contribution is -2.31. The number of H-pyrrole nitrogens is 1. The number of hydrogen-bond acceptors (Lipinski definition) is 5. The van der Waals surface area contributed by atoms with Gasteiger partial charge in [-0.25, -0.2) is 0 Å². The first-order chi connectivity index (χ1) is 17.5. The van der Waals surface area contributed by atoms with Gasteiger partial charge in [-0.1, -0.05) is 48.5 Å². The molecular formula is C29H29N3O4. The van der Waals surface area contributed by atoms with E-state index in [1.165, 1.54) is 0 Å². The molecule has 0 saturated heterocycles. The predicted octanol–water partition coefficient (Wildman–Crippen LogP) is 4.91. The van der Waals surface area contributed by atoms with Crippen LogP contribution < -0.4 is 4.74 Å². The SMILES string of the molecule is Cc1cc(C)c(O)c(-c2n[nH]c3c2C(c2cccc(OCc4ccccc4)c2)N(CCCO)C3=O)c1. The molecule has 0 radical (unpaired) electrons. The van der Waals surface area contributed by atoms with Crippen molar-refractivity contribution in [3.8, 4) is 22.8 Å². The first-order valence-electron chi connectivity index (χ1n) is 12.0. The number of carbonyl (C=O) groups is 1. The van der Waals surface area contributed by atoms with Crippen LogP contribution in [-0.4, -0.2) is 44.4 Å². The summed E-state index contributed by atoms with van der Waals surface area (Å²) in [4.78, 5) is 15.2. The summed E-state index contributed by atoms with van der Waals surface area (Å²) in [6, 6.07) is 21.0. The Bertz CT molecular complexity index is 1400. The van der Waals surface area contributed by atoms with E-state index in [-0.39, 0.29) is 18.3 Å². The number of benzene rings is 3. The Morgan fingerprint density at radius 3 is 2.64 bits per heavy atom. The lowest BCUT2D eigenvalue weighted by Gasteiger charge is -2.26. The molecule has 1 aliphatic rings.